The third kappa shape index (κ3) is 3.70. The molecule has 6 heteroatoms. The number of allylic oxidation sites excluding steroid dienone is 2. The molecule has 0 spiro atoms. The molecule has 0 radical (unpaired) electrons. The van der Waals surface area contributed by atoms with Crippen molar-refractivity contribution in [1.29, 1.82) is 0 Å². The van der Waals surface area contributed by atoms with Crippen LogP contribution in [0.15, 0.2) is 42.7 Å². The molecule has 2 aliphatic heterocycles. The second-order valence-corrected chi connectivity index (χ2v) is 7.74. The number of piperidine rings is 1. The first-order chi connectivity index (χ1) is 13.5. The molecule has 1 atom stereocenters. The first-order valence-electron chi connectivity index (χ1n) is 10.0. The molecule has 1 unspecified atom stereocenters. The monoisotopic (exact) mass is 387 g/mol. The lowest BCUT2D eigenvalue weighted by Gasteiger charge is -2.36. The van der Waals surface area contributed by atoms with Crippen LogP contribution in [0.25, 0.3) is 0 Å². The summed E-state index contributed by atoms with van der Waals surface area (Å²) in [7, 11) is 0. The van der Waals surface area contributed by atoms with E-state index < -0.39 is 5.92 Å². The highest BCUT2D eigenvalue weighted by Gasteiger charge is 2.31. The van der Waals surface area contributed by atoms with Crippen molar-refractivity contribution in [3.8, 4) is 5.75 Å². The molecule has 28 heavy (non-hydrogen) atoms. The lowest BCUT2D eigenvalue weighted by molar-refractivity contribution is 0.0517. The number of rotatable bonds is 5. The normalized spacial score (nSPS) is 19.7. The molecule has 0 N–H and O–H groups in total. The van der Waals surface area contributed by atoms with Crippen molar-refractivity contribution in [3.63, 3.8) is 0 Å². The van der Waals surface area contributed by atoms with Gasteiger partial charge in [-0.1, -0.05) is 18.2 Å². The summed E-state index contributed by atoms with van der Waals surface area (Å²) in [5.41, 5.74) is 2.52. The molecule has 0 saturated carbocycles. The maximum atomic E-state index is 14.0. The van der Waals surface area contributed by atoms with E-state index in [9.17, 15) is 8.78 Å². The summed E-state index contributed by atoms with van der Waals surface area (Å²) in [6, 6.07) is 7.02. The largest absolute Gasteiger partial charge is 0.493 e. The lowest BCUT2D eigenvalue weighted by atomic mass is 9.99. The standard InChI is InChI=1S/C22H27F2N3O/c1-3-9-22(23,24)19-14-25-27(15-19)20-6-10-26(11-7-20)16(2)18-5-4-17-8-12-28-21(17)13-18/h3-5,9,13-16,20H,6-8,10-12H2,1-2H3/b9-3+. The van der Waals surface area contributed by atoms with Gasteiger partial charge in [0.05, 0.1) is 24.4 Å². The Hall–Kier alpha value is -2.21. The molecule has 1 aromatic carbocycles. The molecule has 4 nitrogen and oxygen atoms in total. The van der Waals surface area contributed by atoms with Gasteiger partial charge in [-0.3, -0.25) is 9.58 Å². The second kappa shape index (κ2) is 7.66. The number of ether oxygens (including phenoxy) is 1. The molecule has 1 saturated heterocycles. The van der Waals surface area contributed by atoms with E-state index in [1.807, 2.05) is 0 Å². The predicted octanol–water partition coefficient (Wildman–Crippen LogP) is 4.88. The van der Waals surface area contributed by atoms with E-state index in [4.69, 9.17) is 4.74 Å². The minimum Gasteiger partial charge on any atom is -0.493 e. The summed E-state index contributed by atoms with van der Waals surface area (Å²) in [6.45, 7) is 6.44. The topological polar surface area (TPSA) is 30.3 Å². The van der Waals surface area contributed by atoms with Crippen molar-refractivity contribution in [1.82, 2.24) is 14.7 Å². The zero-order valence-electron chi connectivity index (χ0n) is 16.4. The Bertz CT molecular complexity index is 853. The molecule has 4 rings (SSSR count). The van der Waals surface area contributed by atoms with E-state index >= 15 is 0 Å². The zero-order valence-corrected chi connectivity index (χ0v) is 16.4. The van der Waals surface area contributed by atoms with Crippen LogP contribution in [-0.4, -0.2) is 34.4 Å². The fourth-order valence-corrected chi connectivity index (χ4v) is 4.21. The average molecular weight is 387 g/mol. The number of alkyl halides is 2. The molecule has 1 fully saturated rings. The van der Waals surface area contributed by atoms with E-state index in [0.717, 1.165) is 50.8 Å². The summed E-state index contributed by atoms with van der Waals surface area (Å²) in [6.07, 6.45) is 7.89. The van der Waals surface area contributed by atoms with Crippen molar-refractivity contribution < 1.29 is 13.5 Å². The van der Waals surface area contributed by atoms with Crippen molar-refractivity contribution in [2.75, 3.05) is 19.7 Å². The minimum atomic E-state index is -2.96. The summed E-state index contributed by atoms with van der Waals surface area (Å²) in [5.74, 6) is -1.94. The number of fused-ring (bicyclic) bond motifs is 1. The third-order valence-electron chi connectivity index (χ3n) is 5.99. The molecule has 1 aromatic heterocycles. The molecular formula is C22H27F2N3O. The number of nitrogens with zero attached hydrogens (tertiary/aromatic N) is 3. The summed E-state index contributed by atoms with van der Waals surface area (Å²) in [5, 5.41) is 4.22. The van der Waals surface area contributed by atoms with Crippen molar-refractivity contribution in [2.45, 2.75) is 51.1 Å². The molecule has 150 valence electrons. The number of likely N-dealkylation sites (tertiary alicyclic amines) is 1. The van der Waals surface area contributed by atoms with Gasteiger partial charge < -0.3 is 4.74 Å². The van der Waals surface area contributed by atoms with E-state index in [2.05, 4.69) is 35.1 Å². The Morgan fingerprint density at radius 3 is 2.82 bits per heavy atom. The van der Waals surface area contributed by atoms with Crippen LogP contribution in [-0.2, 0) is 12.3 Å². The fourth-order valence-electron chi connectivity index (χ4n) is 4.21. The van der Waals surface area contributed by atoms with Gasteiger partial charge in [-0.2, -0.15) is 13.9 Å². The Labute approximate surface area is 164 Å². The average Bonchev–Trinajstić information content (AvgIpc) is 3.37. The van der Waals surface area contributed by atoms with Crippen LogP contribution < -0.4 is 4.74 Å². The van der Waals surface area contributed by atoms with Crippen LogP contribution >= 0.6 is 0 Å². The van der Waals surface area contributed by atoms with Gasteiger partial charge in [0.2, 0.25) is 0 Å². The SMILES string of the molecule is C/C=C/C(F)(F)c1cnn(C2CCN(C(C)c3ccc4c(c3)OCC4)CC2)c1. The van der Waals surface area contributed by atoms with Gasteiger partial charge >= 0.3 is 0 Å². The first kappa shape index (κ1) is 19.1. The molecule has 2 aromatic rings. The minimum absolute atomic E-state index is 0.0421. The number of hydrogen-bond acceptors (Lipinski definition) is 3. The quantitative estimate of drug-likeness (QED) is 0.685. The number of benzene rings is 1. The van der Waals surface area contributed by atoms with Gasteiger partial charge in [0.15, 0.2) is 0 Å². The van der Waals surface area contributed by atoms with Crippen LogP contribution in [0, 0.1) is 0 Å². The summed E-state index contributed by atoms with van der Waals surface area (Å²) >= 11 is 0. The maximum absolute atomic E-state index is 14.0. The van der Waals surface area contributed by atoms with E-state index in [0.29, 0.717) is 6.04 Å². The van der Waals surface area contributed by atoms with Crippen LogP contribution in [0.3, 0.4) is 0 Å². The highest BCUT2D eigenvalue weighted by atomic mass is 19.3. The van der Waals surface area contributed by atoms with Gasteiger partial charge in [0.25, 0.3) is 5.92 Å². The molecule has 3 heterocycles. The number of hydrogen-bond donors (Lipinski definition) is 0. The zero-order chi connectivity index (χ0) is 19.7. The highest BCUT2D eigenvalue weighted by Crippen LogP contribution is 2.34. The summed E-state index contributed by atoms with van der Waals surface area (Å²) in [4.78, 5) is 2.45. The maximum Gasteiger partial charge on any atom is 0.294 e. The molecule has 2 aliphatic rings. The Balaban J connectivity index is 1.39. The van der Waals surface area contributed by atoms with Crippen molar-refractivity contribution in [2.24, 2.45) is 0 Å². The van der Waals surface area contributed by atoms with Crippen molar-refractivity contribution >= 4 is 0 Å². The molecule has 0 bridgehead atoms. The van der Waals surface area contributed by atoms with Crippen molar-refractivity contribution in [3.05, 3.63) is 59.4 Å². The van der Waals surface area contributed by atoms with E-state index in [1.165, 1.54) is 29.6 Å². The molecular weight excluding hydrogens is 360 g/mol. The predicted molar refractivity (Wildman–Crippen MR) is 105 cm³/mol. The van der Waals surface area contributed by atoms with E-state index in [-0.39, 0.29) is 11.6 Å². The van der Waals surface area contributed by atoms with Crippen LogP contribution in [0.1, 0.15) is 55.5 Å². The van der Waals surface area contributed by atoms with Gasteiger partial charge in [-0.25, -0.2) is 0 Å². The Morgan fingerprint density at radius 2 is 2.07 bits per heavy atom. The smallest absolute Gasteiger partial charge is 0.294 e. The lowest BCUT2D eigenvalue weighted by Crippen LogP contribution is -2.36. The second-order valence-electron chi connectivity index (χ2n) is 7.74. The van der Waals surface area contributed by atoms with E-state index in [1.54, 1.807) is 11.6 Å². The Kier molecular flexibility index (Phi) is 5.23. The Morgan fingerprint density at radius 1 is 1.29 bits per heavy atom. The summed E-state index contributed by atoms with van der Waals surface area (Å²) < 4.78 is 35.5. The van der Waals surface area contributed by atoms with Crippen LogP contribution in [0.2, 0.25) is 0 Å². The molecule has 0 aliphatic carbocycles. The third-order valence-corrected chi connectivity index (χ3v) is 5.99. The van der Waals surface area contributed by atoms with Gasteiger partial charge in [-0.15, -0.1) is 0 Å². The number of aromatic nitrogens is 2. The van der Waals surface area contributed by atoms with Gasteiger partial charge in [0.1, 0.15) is 5.75 Å². The highest BCUT2D eigenvalue weighted by molar-refractivity contribution is 5.41. The van der Waals surface area contributed by atoms with Gasteiger partial charge in [-0.05, 0) is 50.0 Å². The van der Waals surface area contributed by atoms with Crippen LogP contribution in [0.5, 0.6) is 5.75 Å². The van der Waals surface area contributed by atoms with Gasteiger partial charge in [0, 0.05) is 31.7 Å². The molecule has 0 amide bonds. The first-order valence-corrected chi connectivity index (χ1v) is 10.0. The fraction of sp³-hybridized carbons (Fsp3) is 0.500. The number of halogens is 2. The van der Waals surface area contributed by atoms with Crippen LogP contribution in [0.4, 0.5) is 8.78 Å².